The molecule has 4 N–H and O–H groups in total. The number of nitrogens with zero attached hydrogens (tertiary/aromatic N) is 2. The number of carbonyl (C=O) groups excluding carboxylic acids is 1. The molecule has 0 aliphatic heterocycles. The normalized spacial score (nSPS) is 17.6. The van der Waals surface area contributed by atoms with Gasteiger partial charge in [-0.25, -0.2) is 9.78 Å². The van der Waals surface area contributed by atoms with E-state index in [2.05, 4.69) is 37.1 Å². The standard InChI is InChI=1S/C26H32N4O3/c1-5-6-7-23-15(3)14(2)21(12-28-23)20-8-17-9-24(29-13-22(17)25(27)16(20)4)30-26(32)33-19-10-18(31)11-19/h8-9,12-13,18-19,31H,5-7,10-11,27H2,1-4H3,(H,29,30,32)/t18-,19+. The molecule has 7 heteroatoms. The van der Waals surface area contributed by atoms with Gasteiger partial charge in [0.2, 0.25) is 0 Å². The van der Waals surface area contributed by atoms with Crippen molar-refractivity contribution in [2.75, 3.05) is 11.1 Å². The highest BCUT2D eigenvalue weighted by molar-refractivity contribution is 6.00. The number of nitrogens with two attached hydrogens (primary N) is 1. The van der Waals surface area contributed by atoms with E-state index in [0.717, 1.165) is 52.4 Å². The fraction of sp³-hybridized carbons (Fsp3) is 0.423. The molecule has 0 saturated heterocycles. The molecule has 0 bridgehead atoms. The quantitative estimate of drug-likeness (QED) is 0.446. The van der Waals surface area contributed by atoms with Gasteiger partial charge in [-0.3, -0.25) is 10.3 Å². The van der Waals surface area contributed by atoms with Crippen LogP contribution in [0.2, 0.25) is 0 Å². The minimum Gasteiger partial charge on any atom is -0.446 e. The molecule has 1 fully saturated rings. The zero-order valence-corrected chi connectivity index (χ0v) is 19.7. The van der Waals surface area contributed by atoms with Gasteiger partial charge in [0.15, 0.2) is 0 Å². The van der Waals surface area contributed by atoms with Gasteiger partial charge in [-0.05, 0) is 73.4 Å². The number of nitrogen functional groups attached to an aromatic ring is 1. The zero-order valence-electron chi connectivity index (χ0n) is 19.7. The van der Waals surface area contributed by atoms with E-state index in [9.17, 15) is 9.90 Å². The Morgan fingerprint density at radius 1 is 1.12 bits per heavy atom. The summed E-state index contributed by atoms with van der Waals surface area (Å²) in [7, 11) is 0. The second-order valence-corrected chi connectivity index (χ2v) is 9.00. The molecule has 1 aliphatic rings. The number of fused-ring (bicyclic) bond motifs is 1. The highest BCUT2D eigenvalue weighted by Crippen LogP contribution is 2.37. The summed E-state index contributed by atoms with van der Waals surface area (Å²) >= 11 is 0. The van der Waals surface area contributed by atoms with Gasteiger partial charge < -0.3 is 15.6 Å². The van der Waals surface area contributed by atoms with Crippen LogP contribution < -0.4 is 11.1 Å². The predicted octanol–water partition coefficient (Wildman–Crippen LogP) is 5.22. The van der Waals surface area contributed by atoms with Crippen molar-refractivity contribution in [3.8, 4) is 11.1 Å². The van der Waals surface area contributed by atoms with Crippen molar-refractivity contribution in [2.45, 2.75) is 72.0 Å². The SMILES string of the molecule is CCCCc1ncc(-c2cc3cc(NC(=O)O[C@H]4C[C@@H](O)C4)ncc3c(N)c2C)c(C)c1C. The van der Waals surface area contributed by atoms with E-state index < -0.39 is 6.09 Å². The number of pyridine rings is 2. The van der Waals surface area contributed by atoms with Crippen LogP contribution in [-0.2, 0) is 11.2 Å². The molecule has 0 spiro atoms. The average Bonchev–Trinajstić information content (AvgIpc) is 2.76. The molecule has 1 saturated carbocycles. The summed E-state index contributed by atoms with van der Waals surface area (Å²) in [6, 6.07) is 3.88. The molecule has 2 heterocycles. The maximum Gasteiger partial charge on any atom is 0.413 e. The second-order valence-electron chi connectivity index (χ2n) is 9.00. The van der Waals surface area contributed by atoms with Gasteiger partial charge in [-0.15, -0.1) is 0 Å². The maximum atomic E-state index is 12.2. The first kappa shape index (κ1) is 23.0. The monoisotopic (exact) mass is 448 g/mol. The fourth-order valence-electron chi connectivity index (χ4n) is 4.32. The van der Waals surface area contributed by atoms with Crippen LogP contribution in [0.3, 0.4) is 0 Å². The first-order chi connectivity index (χ1) is 15.8. The van der Waals surface area contributed by atoms with Gasteiger partial charge in [0.25, 0.3) is 0 Å². The predicted molar refractivity (Wildman–Crippen MR) is 131 cm³/mol. The third-order valence-corrected chi connectivity index (χ3v) is 6.71. The first-order valence-electron chi connectivity index (χ1n) is 11.6. The number of unbranched alkanes of at least 4 members (excludes halogenated alkanes) is 1. The Morgan fingerprint density at radius 3 is 2.58 bits per heavy atom. The number of hydrogen-bond acceptors (Lipinski definition) is 6. The van der Waals surface area contributed by atoms with E-state index in [0.29, 0.717) is 24.3 Å². The van der Waals surface area contributed by atoms with E-state index >= 15 is 0 Å². The van der Waals surface area contributed by atoms with Crippen molar-refractivity contribution in [1.29, 1.82) is 0 Å². The van der Waals surface area contributed by atoms with Crippen LogP contribution in [0, 0.1) is 20.8 Å². The molecule has 0 radical (unpaired) electrons. The summed E-state index contributed by atoms with van der Waals surface area (Å²) in [6.45, 7) is 8.47. The lowest BCUT2D eigenvalue weighted by Gasteiger charge is -2.30. The largest absolute Gasteiger partial charge is 0.446 e. The summed E-state index contributed by atoms with van der Waals surface area (Å²) in [4.78, 5) is 21.3. The molecule has 33 heavy (non-hydrogen) atoms. The summed E-state index contributed by atoms with van der Waals surface area (Å²) < 4.78 is 5.29. The van der Waals surface area contributed by atoms with Gasteiger partial charge in [0.05, 0.1) is 6.10 Å². The number of hydrogen-bond donors (Lipinski definition) is 3. The molecule has 3 aromatic rings. The number of aliphatic hydroxyl groups is 1. The molecule has 0 unspecified atom stereocenters. The molecule has 1 aromatic carbocycles. The van der Waals surface area contributed by atoms with Crippen molar-refractivity contribution in [2.24, 2.45) is 0 Å². The van der Waals surface area contributed by atoms with Crippen LogP contribution in [0.25, 0.3) is 21.9 Å². The minimum absolute atomic E-state index is 0.246. The third kappa shape index (κ3) is 4.64. The Bertz CT molecular complexity index is 1200. The van der Waals surface area contributed by atoms with Crippen LogP contribution in [0.1, 0.15) is 55.0 Å². The van der Waals surface area contributed by atoms with Gasteiger partial charge in [-0.1, -0.05) is 13.3 Å². The van der Waals surface area contributed by atoms with Crippen LogP contribution in [0.5, 0.6) is 0 Å². The van der Waals surface area contributed by atoms with Crippen LogP contribution in [-0.4, -0.2) is 33.4 Å². The first-order valence-corrected chi connectivity index (χ1v) is 11.6. The Morgan fingerprint density at radius 2 is 1.88 bits per heavy atom. The molecule has 1 amide bonds. The number of aromatic nitrogens is 2. The van der Waals surface area contributed by atoms with Crippen molar-refractivity contribution >= 4 is 28.4 Å². The summed E-state index contributed by atoms with van der Waals surface area (Å²) in [5.41, 5.74) is 13.8. The topological polar surface area (TPSA) is 110 Å². The lowest BCUT2D eigenvalue weighted by Crippen LogP contribution is -2.37. The Labute approximate surface area is 194 Å². The summed E-state index contributed by atoms with van der Waals surface area (Å²) in [5.74, 6) is 0.391. The molecule has 0 atom stereocenters. The lowest BCUT2D eigenvalue weighted by molar-refractivity contribution is -0.0308. The van der Waals surface area contributed by atoms with Crippen LogP contribution >= 0.6 is 0 Å². The minimum atomic E-state index is -0.572. The lowest BCUT2D eigenvalue weighted by atomic mass is 9.91. The molecular weight excluding hydrogens is 416 g/mol. The highest BCUT2D eigenvalue weighted by Gasteiger charge is 2.30. The average molecular weight is 449 g/mol. The van der Waals surface area contributed by atoms with Gasteiger partial charge >= 0.3 is 6.09 Å². The van der Waals surface area contributed by atoms with Gasteiger partial charge in [0.1, 0.15) is 11.9 Å². The third-order valence-electron chi connectivity index (χ3n) is 6.71. The summed E-state index contributed by atoms with van der Waals surface area (Å²) in [5, 5.41) is 13.8. The molecule has 1 aliphatic carbocycles. The molecule has 174 valence electrons. The number of ether oxygens (including phenoxy) is 1. The number of rotatable bonds is 6. The van der Waals surface area contributed by atoms with E-state index in [4.69, 9.17) is 15.5 Å². The highest BCUT2D eigenvalue weighted by atomic mass is 16.6. The number of anilines is 2. The van der Waals surface area contributed by atoms with E-state index in [1.165, 1.54) is 11.1 Å². The zero-order chi connectivity index (χ0) is 23.7. The number of benzene rings is 1. The van der Waals surface area contributed by atoms with Crippen LogP contribution in [0.15, 0.2) is 24.5 Å². The fourth-order valence-corrected chi connectivity index (χ4v) is 4.32. The van der Waals surface area contributed by atoms with Crippen molar-refractivity contribution in [3.63, 3.8) is 0 Å². The Balaban J connectivity index is 1.66. The molecular formula is C26H32N4O3. The molecule has 7 nitrogen and oxygen atoms in total. The van der Waals surface area contributed by atoms with Crippen molar-refractivity contribution in [3.05, 3.63) is 46.9 Å². The maximum absolute atomic E-state index is 12.2. The number of aryl methyl sites for hydroxylation is 1. The number of amides is 1. The van der Waals surface area contributed by atoms with Crippen molar-refractivity contribution < 1.29 is 14.6 Å². The van der Waals surface area contributed by atoms with Gasteiger partial charge in [-0.2, -0.15) is 0 Å². The molecule has 4 rings (SSSR count). The van der Waals surface area contributed by atoms with E-state index in [-0.39, 0.29) is 12.2 Å². The van der Waals surface area contributed by atoms with Crippen molar-refractivity contribution in [1.82, 2.24) is 9.97 Å². The Kier molecular flexibility index (Phi) is 6.51. The number of carbonyl (C=O) groups is 1. The van der Waals surface area contributed by atoms with E-state index in [1.54, 1.807) is 12.3 Å². The van der Waals surface area contributed by atoms with Crippen LogP contribution in [0.4, 0.5) is 16.3 Å². The van der Waals surface area contributed by atoms with E-state index in [1.807, 2.05) is 13.1 Å². The second kappa shape index (κ2) is 9.35. The number of aliphatic hydroxyl groups excluding tert-OH is 1. The van der Waals surface area contributed by atoms with Gasteiger partial charge in [0, 0.05) is 47.6 Å². The smallest absolute Gasteiger partial charge is 0.413 e. The summed E-state index contributed by atoms with van der Waals surface area (Å²) in [6.07, 6.45) is 6.63. The molecule has 2 aromatic heterocycles. The number of nitrogens with one attached hydrogen (secondary N) is 1. The Hall–Kier alpha value is -3.19.